The van der Waals surface area contributed by atoms with Crippen LogP contribution in [-0.4, -0.2) is 57.4 Å². The maximum Gasteiger partial charge on any atom is 0.333 e. The number of hydrogen-bond donors (Lipinski definition) is 1. The molecule has 130 valence electrons. The predicted molar refractivity (Wildman–Crippen MR) is 83.2 cm³/mol. The molecule has 23 heavy (non-hydrogen) atoms. The van der Waals surface area contributed by atoms with Crippen LogP contribution in [0.5, 0.6) is 0 Å². The Morgan fingerprint density at radius 3 is 2.43 bits per heavy atom. The van der Waals surface area contributed by atoms with E-state index in [0.29, 0.717) is 0 Å². The van der Waals surface area contributed by atoms with Gasteiger partial charge in [0, 0.05) is 4.75 Å². The van der Waals surface area contributed by atoms with Crippen LogP contribution in [0, 0.1) is 11.3 Å². The molecule has 0 saturated carbocycles. The second-order valence-corrected chi connectivity index (χ2v) is 9.08. The Balaban J connectivity index is 1.97. The van der Waals surface area contributed by atoms with E-state index in [1.165, 1.54) is 16.7 Å². The minimum Gasteiger partial charge on any atom is -0.427 e. The van der Waals surface area contributed by atoms with Gasteiger partial charge in [-0.25, -0.2) is 4.79 Å². The molecule has 2 fully saturated rings. The highest BCUT2D eigenvalue weighted by atomic mass is 32.2. The molecule has 0 spiro atoms. The van der Waals surface area contributed by atoms with Gasteiger partial charge in [0.05, 0.1) is 23.3 Å². The Kier molecular flexibility index (Phi) is 4.69. The van der Waals surface area contributed by atoms with Crippen molar-refractivity contribution in [2.45, 2.75) is 50.8 Å². The Morgan fingerprint density at radius 1 is 1.30 bits per heavy atom. The molecule has 7 nitrogen and oxygen atoms in total. The minimum atomic E-state index is -0.749. The van der Waals surface area contributed by atoms with E-state index in [0.717, 1.165) is 0 Å². The summed E-state index contributed by atoms with van der Waals surface area (Å²) in [5.41, 5.74) is -0.679. The van der Waals surface area contributed by atoms with Crippen molar-refractivity contribution in [1.29, 1.82) is 0 Å². The zero-order chi connectivity index (χ0) is 17.6. The number of thioether (sulfide) groups is 1. The summed E-state index contributed by atoms with van der Waals surface area (Å²) in [4.78, 5) is 37.5. The molecule has 2 rings (SSSR count). The van der Waals surface area contributed by atoms with Crippen molar-refractivity contribution in [1.82, 2.24) is 4.90 Å². The summed E-state index contributed by atoms with van der Waals surface area (Å²) in [6.45, 7) is 8.11. The van der Waals surface area contributed by atoms with Gasteiger partial charge in [-0.1, -0.05) is 0 Å². The SMILES string of the molecule is CC(C)(C)C(=O)OCOC(=O)[C@@H]1N2C(=O)[C@H](CO)[C@H]2SC1(C)C. The molecule has 0 aromatic rings. The third-order valence-electron chi connectivity index (χ3n) is 3.97. The van der Waals surface area contributed by atoms with Crippen LogP contribution in [0.2, 0.25) is 0 Å². The molecule has 0 radical (unpaired) electrons. The van der Waals surface area contributed by atoms with Crippen molar-refractivity contribution in [3.8, 4) is 0 Å². The maximum atomic E-state index is 12.3. The number of carbonyl (C=O) groups is 3. The van der Waals surface area contributed by atoms with E-state index in [1.54, 1.807) is 20.8 Å². The normalized spacial score (nSPS) is 28.9. The fraction of sp³-hybridized carbons (Fsp3) is 0.800. The number of esters is 2. The highest BCUT2D eigenvalue weighted by Gasteiger charge is 2.63. The quantitative estimate of drug-likeness (QED) is 0.456. The molecular formula is C15H23NO6S. The molecule has 1 N–H and O–H groups in total. The molecule has 2 saturated heterocycles. The van der Waals surface area contributed by atoms with E-state index in [1.807, 2.05) is 13.8 Å². The summed E-state index contributed by atoms with van der Waals surface area (Å²) >= 11 is 1.47. The van der Waals surface area contributed by atoms with Crippen LogP contribution in [0.4, 0.5) is 0 Å². The minimum absolute atomic E-state index is 0.211. The first kappa shape index (κ1) is 18.1. The lowest BCUT2D eigenvalue weighted by Gasteiger charge is -2.43. The maximum absolute atomic E-state index is 12.3. The van der Waals surface area contributed by atoms with Crippen LogP contribution in [0.1, 0.15) is 34.6 Å². The lowest BCUT2D eigenvalue weighted by atomic mass is 9.92. The van der Waals surface area contributed by atoms with Crippen molar-refractivity contribution in [3.63, 3.8) is 0 Å². The molecule has 2 aliphatic rings. The van der Waals surface area contributed by atoms with Gasteiger partial charge < -0.3 is 19.5 Å². The summed E-state index contributed by atoms with van der Waals surface area (Å²) in [6, 6.07) is -0.749. The standard InChI is InChI=1S/C15H23NO6S/c1-14(2,3)13(20)22-7-21-12(19)9-15(4,5)23-11-8(6-17)10(18)16(9)11/h8-9,11,17H,6-7H2,1-5H3/t8-,9-,11+/m0/s1. The Bertz CT molecular complexity index is 527. The lowest BCUT2D eigenvalue weighted by molar-refractivity contribution is -0.181. The van der Waals surface area contributed by atoms with Crippen molar-refractivity contribution < 1.29 is 29.0 Å². The monoisotopic (exact) mass is 345 g/mol. The molecule has 2 heterocycles. The fourth-order valence-corrected chi connectivity index (χ4v) is 4.34. The summed E-state index contributed by atoms with van der Waals surface area (Å²) in [7, 11) is 0. The lowest BCUT2D eigenvalue weighted by Crippen LogP contribution is -2.63. The number of aliphatic hydroxyl groups is 1. The van der Waals surface area contributed by atoms with Crippen LogP contribution in [-0.2, 0) is 23.9 Å². The molecule has 8 heteroatoms. The molecule has 2 aliphatic heterocycles. The first-order valence-electron chi connectivity index (χ1n) is 7.45. The van der Waals surface area contributed by atoms with Crippen LogP contribution >= 0.6 is 11.8 Å². The van der Waals surface area contributed by atoms with Crippen molar-refractivity contribution in [2.75, 3.05) is 13.4 Å². The average molecular weight is 345 g/mol. The zero-order valence-electron chi connectivity index (χ0n) is 14.0. The zero-order valence-corrected chi connectivity index (χ0v) is 14.8. The molecule has 3 atom stereocenters. The van der Waals surface area contributed by atoms with Gasteiger partial charge in [-0.3, -0.25) is 9.59 Å². The van der Waals surface area contributed by atoms with Crippen molar-refractivity contribution in [2.24, 2.45) is 11.3 Å². The Labute approximate surface area is 139 Å². The number of fused-ring (bicyclic) bond motifs is 1. The van der Waals surface area contributed by atoms with E-state index < -0.39 is 40.9 Å². The number of hydrogen-bond acceptors (Lipinski definition) is 7. The van der Waals surface area contributed by atoms with E-state index in [9.17, 15) is 19.5 Å². The molecular weight excluding hydrogens is 322 g/mol. The highest BCUT2D eigenvalue weighted by Crippen LogP contribution is 2.53. The number of nitrogens with zero attached hydrogens (tertiary/aromatic N) is 1. The van der Waals surface area contributed by atoms with Gasteiger partial charge in [0.2, 0.25) is 12.7 Å². The van der Waals surface area contributed by atoms with Gasteiger partial charge in [-0.2, -0.15) is 0 Å². The fourth-order valence-electron chi connectivity index (χ4n) is 2.68. The van der Waals surface area contributed by atoms with E-state index >= 15 is 0 Å². The van der Waals surface area contributed by atoms with E-state index in [2.05, 4.69) is 0 Å². The number of amides is 1. The Hall–Kier alpha value is -1.28. The number of β-lactam (4-membered cyclic amide) rings is 1. The van der Waals surface area contributed by atoms with Crippen molar-refractivity contribution >= 4 is 29.6 Å². The van der Waals surface area contributed by atoms with Crippen LogP contribution in [0.15, 0.2) is 0 Å². The molecule has 0 unspecified atom stereocenters. The second-order valence-electron chi connectivity index (χ2n) is 7.31. The first-order chi connectivity index (χ1) is 10.5. The number of carbonyl (C=O) groups excluding carboxylic acids is 3. The van der Waals surface area contributed by atoms with Gasteiger partial charge >= 0.3 is 11.9 Å². The molecule has 0 bridgehead atoms. The van der Waals surface area contributed by atoms with Gasteiger partial charge in [-0.05, 0) is 34.6 Å². The number of ether oxygens (including phenoxy) is 2. The van der Waals surface area contributed by atoms with Gasteiger partial charge in [0.15, 0.2) is 0 Å². The summed E-state index contributed by atoms with van der Waals surface area (Å²) in [6.07, 6.45) is 0. The van der Waals surface area contributed by atoms with Crippen LogP contribution < -0.4 is 0 Å². The highest BCUT2D eigenvalue weighted by molar-refractivity contribution is 8.01. The van der Waals surface area contributed by atoms with Gasteiger partial charge in [0.1, 0.15) is 6.04 Å². The van der Waals surface area contributed by atoms with Crippen molar-refractivity contribution in [3.05, 3.63) is 0 Å². The van der Waals surface area contributed by atoms with Crippen LogP contribution in [0.3, 0.4) is 0 Å². The predicted octanol–water partition coefficient (Wildman–Crippen LogP) is 0.747. The van der Waals surface area contributed by atoms with Crippen LogP contribution in [0.25, 0.3) is 0 Å². The van der Waals surface area contributed by atoms with Gasteiger partial charge in [0.25, 0.3) is 0 Å². The Morgan fingerprint density at radius 2 is 1.91 bits per heavy atom. The average Bonchev–Trinajstić information content (AvgIpc) is 2.66. The number of aliphatic hydroxyl groups excluding tert-OH is 1. The summed E-state index contributed by atoms with van der Waals surface area (Å²) in [5, 5.41) is 9.03. The third kappa shape index (κ3) is 3.19. The molecule has 0 aromatic carbocycles. The molecule has 0 aliphatic carbocycles. The van der Waals surface area contributed by atoms with Gasteiger partial charge in [-0.15, -0.1) is 11.8 Å². The number of rotatable bonds is 4. The molecule has 0 aromatic heterocycles. The summed E-state index contributed by atoms with van der Waals surface area (Å²) < 4.78 is 9.43. The smallest absolute Gasteiger partial charge is 0.333 e. The second kappa shape index (κ2) is 5.98. The van der Waals surface area contributed by atoms with E-state index in [4.69, 9.17) is 9.47 Å². The molecule has 1 amide bonds. The largest absolute Gasteiger partial charge is 0.427 e. The van der Waals surface area contributed by atoms with E-state index in [-0.39, 0.29) is 17.9 Å². The topological polar surface area (TPSA) is 93.1 Å². The summed E-state index contributed by atoms with van der Waals surface area (Å²) in [5.74, 6) is -1.78. The first-order valence-corrected chi connectivity index (χ1v) is 8.33. The third-order valence-corrected chi connectivity index (χ3v) is 5.60.